The van der Waals surface area contributed by atoms with Gasteiger partial charge in [0.2, 0.25) is 5.43 Å². The normalized spacial score (nSPS) is 13.2. The number of benzene rings is 2. The molecule has 0 saturated carbocycles. The number of aromatic nitrogens is 1. The highest BCUT2D eigenvalue weighted by molar-refractivity contribution is 5.93. The van der Waals surface area contributed by atoms with Gasteiger partial charge in [0, 0.05) is 17.3 Å². The number of hydrogen-bond donors (Lipinski definition) is 1. The Morgan fingerprint density at radius 2 is 1.87 bits per heavy atom. The highest BCUT2D eigenvalue weighted by atomic mass is 16.5. The Morgan fingerprint density at radius 3 is 2.70 bits per heavy atom. The molecule has 0 unspecified atom stereocenters. The first-order chi connectivity index (χ1) is 11.1. The van der Waals surface area contributed by atoms with Crippen molar-refractivity contribution in [2.45, 2.75) is 13.2 Å². The zero-order chi connectivity index (χ0) is 16.0. The van der Waals surface area contributed by atoms with Crippen molar-refractivity contribution in [3.63, 3.8) is 0 Å². The van der Waals surface area contributed by atoms with E-state index in [1.807, 2.05) is 30.3 Å². The van der Waals surface area contributed by atoms with Gasteiger partial charge < -0.3 is 14.4 Å². The minimum atomic E-state index is -1.22. The molecular weight excluding hydrogens is 294 g/mol. The van der Waals surface area contributed by atoms with Crippen LogP contribution in [-0.4, -0.2) is 15.6 Å². The molecule has 2 heterocycles. The van der Waals surface area contributed by atoms with E-state index in [0.717, 1.165) is 16.8 Å². The molecule has 0 radical (unpaired) electrons. The molecule has 1 aromatic heterocycles. The van der Waals surface area contributed by atoms with Gasteiger partial charge in [-0.1, -0.05) is 18.2 Å². The van der Waals surface area contributed by atoms with Gasteiger partial charge in [0.25, 0.3) is 0 Å². The van der Waals surface area contributed by atoms with Gasteiger partial charge in [0.1, 0.15) is 5.56 Å². The molecule has 0 spiro atoms. The van der Waals surface area contributed by atoms with Crippen LogP contribution in [0.3, 0.4) is 0 Å². The van der Waals surface area contributed by atoms with E-state index in [9.17, 15) is 14.7 Å². The highest BCUT2D eigenvalue weighted by Gasteiger charge is 2.17. The topological polar surface area (TPSA) is 68.5 Å². The van der Waals surface area contributed by atoms with E-state index in [1.54, 1.807) is 16.7 Å². The number of aromatic carboxylic acids is 1. The second kappa shape index (κ2) is 5.07. The molecule has 0 amide bonds. The van der Waals surface area contributed by atoms with Crippen molar-refractivity contribution in [2.75, 3.05) is 0 Å². The summed E-state index contributed by atoms with van der Waals surface area (Å²) in [6.45, 7) is 1.15. The zero-order valence-corrected chi connectivity index (χ0v) is 12.2. The number of rotatable bonds is 2. The third kappa shape index (κ3) is 2.13. The quantitative estimate of drug-likeness (QED) is 0.790. The molecule has 114 valence electrons. The number of pyridine rings is 1. The van der Waals surface area contributed by atoms with Gasteiger partial charge >= 0.3 is 5.97 Å². The second-order valence-electron chi connectivity index (χ2n) is 5.51. The Hall–Kier alpha value is -2.92. The fourth-order valence-corrected chi connectivity index (χ4v) is 2.95. The van der Waals surface area contributed by atoms with Gasteiger partial charge in [0.15, 0.2) is 0 Å². The maximum Gasteiger partial charge on any atom is 0.341 e. The average Bonchev–Trinajstić information content (AvgIpc) is 3.02. The summed E-state index contributed by atoms with van der Waals surface area (Å²) >= 11 is 0. The first kappa shape index (κ1) is 13.7. The predicted molar refractivity (Wildman–Crippen MR) is 85.0 cm³/mol. The minimum Gasteiger partial charge on any atom is -0.477 e. The summed E-state index contributed by atoms with van der Waals surface area (Å²) in [6.07, 6.45) is 1.39. The maximum absolute atomic E-state index is 12.3. The van der Waals surface area contributed by atoms with Crippen molar-refractivity contribution < 1.29 is 14.6 Å². The van der Waals surface area contributed by atoms with E-state index < -0.39 is 11.4 Å². The molecule has 0 aliphatic carbocycles. The monoisotopic (exact) mass is 307 g/mol. The first-order valence-electron chi connectivity index (χ1n) is 7.23. The van der Waals surface area contributed by atoms with Crippen LogP contribution in [0.1, 0.15) is 21.5 Å². The Bertz CT molecular complexity index is 1000. The van der Waals surface area contributed by atoms with Crippen LogP contribution in [0.25, 0.3) is 16.6 Å². The van der Waals surface area contributed by atoms with Crippen LogP contribution >= 0.6 is 0 Å². The summed E-state index contributed by atoms with van der Waals surface area (Å²) in [5.74, 6) is -1.22. The predicted octanol–water partition coefficient (Wildman–Crippen LogP) is 2.72. The smallest absolute Gasteiger partial charge is 0.341 e. The fourth-order valence-electron chi connectivity index (χ4n) is 2.95. The third-order valence-corrected chi connectivity index (χ3v) is 4.12. The number of carboxylic acids is 1. The van der Waals surface area contributed by atoms with E-state index >= 15 is 0 Å². The summed E-state index contributed by atoms with van der Waals surface area (Å²) in [5, 5.41) is 9.71. The minimum absolute atomic E-state index is 0.236. The molecule has 2 aromatic carbocycles. The lowest BCUT2D eigenvalue weighted by Crippen LogP contribution is -2.18. The van der Waals surface area contributed by atoms with Crippen LogP contribution in [0.15, 0.2) is 53.5 Å². The molecule has 4 rings (SSSR count). The fraction of sp³-hybridized carbons (Fsp3) is 0.111. The molecule has 5 heteroatoms. The third-order valence-electron chi connectivity index (χ3n) is 4.12. The number of hydrogen-bond acceptors (Lipinski definition) is 3. The Labute approximate surface area is 131 Å². The molecule has 0 fully saturated rings. The summed E-state index contributed by atoms with van der Waals surface area (Å²) in [4.78, 5) is 23.7. The van der Waals surface area contributed by atoms with E-state index in [0.29, 0.717) is 24.1 Å². The molecule has 1 aliphatic heterocycles. The van der Waals surface area contributed by atoms with Gasteiger partial charge in [-0.15, -0.1) is 0 Å². The van der Waals surface area contributed by atoms with Crippen LogP contribution < -0.4 is 5.43 Å². The van der Waals surface area contributed by atoms with Crippen molar-refractivity contribution in [3.8, 4) is 5.69 Å². The largest absolute Gasteiger partial charge is 0.477 e. The zero-order valence-electron chi connectivity index (χ0n) is 12.2. The molecule has 3 aromatic rings. The van der Waals surface area contributed by atoms with Crippen molar-refractivity contribution in [3.05, 3.63) is 75.6 Å². The molecule has 0 saturated heterocycles. The van der Waals surface area contributed by atoms with Crippen LogP contribution in [-0.2, 0) is 18.0 Å². The van der Waals surface area contributed by atoms with Gasteiger partial charge in [-0.2, -0.15) is 0 Å². The number of nitrogens with zero attached hydrogens (tertiary/aromatic N) is 1. The molecule has 1 N–H and O–H groups in total. The van der Waals surface area contributed by atoms with Crippen LogP contribution in [0.2, 0.25) is 0 Å². The molecule has 0 atom stereocenters. The van der Waals surface area contributed by atoms with Crippen molar-refractivity contribution in [1.29, 1.82) is 0 Å². The van der Waals surface area contributed by atoms with E-state index in [2.05, 4.69) is 0 Å². The van der Waals surface area contributed by atoms with Crippen molar-refractivity contribution >= 4 is 16.9 Å². The molecule has 0 bridgehead atoms. The lowest BCUT2D eigenvalue weighted by molar-refractivity contribution is 0.0695. The summed E-state index contributed by atoms with van der Waals surface area (Å²) in [5.41, 5.74) is 3.02. The Kier molecular flexibility index (Phi) is 3.02. The van der Waals surface area contributed by atoms with Gasteiger partial charge in [-0.25, -0.2) is 4.79 Å². The van der Waals surface area contributed by atoms with Gasteiger partial charge in [-0.3, -0.25) is 4.79 Å². The maximum atomic E-state index is 12.3. The van der Waals surface area contributed by atoms with Gasteiger partial charge in [0.05, 0.1) is 18.7 Å². The standard InChI is InChI=1S/C18H13NO4/c20-17-14-3-1-2-4-16(14)19(8-15(17)18(21)22)13-6-5-11-9-23-10-12(11)7-13/h1-8H,9-10H2,(H,21,22). The average molecular weight is 307 g/mol. The number of carboxylic acid groups (broad SMARTS) is 1. The Morgan fingerprint density at radius 1 is 1.09 bits per heavy atom. The number of para-hydroxylation sites is 1. The summed E-state index contributed by atoms with van der Waals surface area (Å²) in [7, 11) is 0. The van der Waals surface area contributed by atoms with Crippen LogP contribution in [0, 0.1) is 0 Å². The SMILES string of the molecule is O=C(O)c1cn(-c2ccc3c(c2)COC3)c2ccccc2c1=O. The summed E-state index contributed by atoms with van der Waals surface area (Å²) < 4.78 is 7.17. The lowest BCUT2D eigenvalue weighted by Gasteiger charge is -2.13. The van der Waals surface area contributed by atoms with Gasteiger partial charge in [-0.05, 0) is 35.4 Å². The van der Waals surface area contributed by atoms with Crippen LogP contribution in [0.5, 0.6) is 0 Å². The van der Waals surface area contributed by atoms with E-state index in [4.69, 9.17) is 4.74 Å². The number of ether oxygens (including phenoxy) is 1. The van der Waals surface area contributed by atoms with Crippen LogP contribution in [0.4, 0.5) is 0 Å². The highest BCUT2D eigenvalue weighted by Crippen LogP contribution is 2.24. The van der Waals surface area contributed by atoms with Crippen molar-refractivity contribution in [2.24, 2.45) is 0 Å². The molecule has 5 nitrogen and oxygen atoms in total. The summed E-state index contributed by atoms with van der Waals surface area (Å²) in [6, 6.07) is 12.9. The molecule has 1 aliphatic rings. The number of fused-ring (bicyclic) bond motifs is 2. The van der Waals surface area contributed by atoms with E-state index in [1.165, 1.54) is 6.20 Å². The lowest BCUT2D eigenvalue weighted by atomic mass is 10.1. The Balaban J connectivity index is 2.05. The molecular formula is C18H13NO4. The second-order valence-corrected chi connectivity index (χ2v) is 5.51. The first-order valence-corrected chi connectivity index (χ1v) is 7.23. The molecule has 23 heavy (non-hydrogen) atoms. The number of carbonyl (C=O) groups is 1. The van der Waals surface area contributed by atoms with E-state index in [-0.39, 0.29) is 5.56 Å². The van der Waals surface area contributed by atoms with Crippen molar-refractivity contribution in [1.82, 2.24) is 4.57 Å².